The number of rotatable bonds is 10. The Labute approximate surface area is 192 Å². The Morgan fingerprint density at radius 1 is 1.25 bits per heavy atom. The second-order valence-electron chi connectivity index (χ2n) is 7.18. The van der Waals surface area contributed by atoms with E-state index in [1.165, 1.54) is 12.1 Å². The first-order chi connectivity index (χ1) is 15.0. The molecule has 0 heterocycles. The fraction of sp³-hybridized carbons (Fsp3) is 0.364. The predicted octanol–water partition coefficient (Wildman–Crippen LogP) is 5.37. The lowest BCUT2D eigenvalue weighted by Crippen LogP contribution is -2.23. The van der Waals surface area contributed by atoms with Crippen molar-refractivity contribution in [3.8, 4) is 11.5 Å². The van der Waals surface area contributed by atoms with E-state index in [0.29, 0.717) is 41.6 Å². The highest BCUT2D eigenvalue weighted by Gasteiger charge is 2.38. The molecule has 2 rings (SSSR count). The van der Waals surface area contributed by atoms with Gasteiger partial charge >= 0.3 is 12.1 Å². The van der Waals surface area contributed by atoms with Crippen molar-refractivity contribution in [3.63, 3.8) is 0 Å². The second-order valence-corrected chi connectivity index (χ2v) is 8.03. The minimum atomic E-state index is -4.82. The molecule has 6 nitrogen and oxygen atoms in total. The number of halogens is 4. The molecule has 0 aliphatic carbocycles. The first-order valence-corrected chi connectivity index (χ1v) is 10.7. The van der Waals surface area contributed by atoms with Crippen LogP contribution in [0.3, 0.4) is 0 Å². The van der Waals surface area contributed by atoms with E-state index < -0.39 is 23.4 Å². The van der Waals surface area contributed by atoms with E-state index in [9.17, 15) is 18.0 Å². The van der Waals surface area contributed by atoms with Gasteiger partial charge in [0.25, 0.3) is 5.75 Å². The number of aromatic carboxylic acids is 1. The molecule has 174 valence electrons. The Morgan fingerprint density at radius 2 is 1.91 bits per heavy atom. The van der Waals surface area contributed by atoms with Crippen LogP contribution in [-0.2, 0) is 6.42 Å². The molecule has 0 saturated heterocycles. The highest BCUT2D eigenvalue weighted by molar-refractivity contribution is 9.10. The van der Waals surface area contributed by atoms with Gasteiger partial charge in [-0.2, -0.15) is 13.2 Å². The normalized spacial score (nSPS) is 11.3. The zero-order chi connectivity index (χ0) is 24.1. The summed E-state index contributed by atoms with van der Waals surface area (Å²) in [6, 6.07) is 7.44. The molecule has 2 aromatic rings. The van der Waals surface area contributed by atoms with Crippen molar-refractivity contribution in [2.45, 2.75) is 32.4 Å². The molecule has 0 aliphatic heterocycles. The lowest BCUT2D eigenvalue weighted by atomic mass is 10.00. The molecule has 0 fully saturated rings. The van der Waals surface area contributed by atoms with Crippen molar-refractivity contribution >= 4 is 33.3 Å². The van der Waals surface area contributed by atoms with E-state index in [1.54, 1.807) is 12.1 Å². The average Bonchev–Trinajstić information content (AvgIpc) is 2.71. The molecular formula is C22H25BrF3N2O4+. The van der Waals surface area contributed by atoms with Crippen LogP contribution in [0.25, 0.3) is 0 Å². The minimum Gasteiger partial charge on any atom is -0.593 e. The highest BCUT2D eigenvalue weighted by atomic mass is 79.9. The van der Waals surface area contributed by atoms with Gasteiger partial charge in [-0.3, -0.25) is 5.41 Å². The highest BCUT2D eigenvalue weighted by Crippen LogP contribution is 2.36. The standard InChI is InChI=1S/C22H24BrF3N2O4/c1-3-5-15-18(9-8-16(19(15)29)20(27)22(24,25)26)32-11-4-10-28(2)13-6-7-14(21(30)31)17(23)12-13/h6-9,12,27,29H,3-5,10-11H2,1-2H3,(H,30,31)/p+1. The van der Waals surface area contributed by atoms with Crippen LogP contribution in [0.2, 0.25) is 0 Å². The zero-order valence-corrected chi connectivity index (χ0v) is 19.2. The zero-order valence-electron chi connectivity index (χ0n) is 17.6. The number of benzene rings is 2. The van der Waals surface area contributed by atoms with E-state index >= 15 is 0 Å². The Hall–Kier alpha value is -2.75. The van der Waals surface area contributed by atoms with Gasteiger partial charge in [0, 0.05) is 23.8 Å². The third-order valence-electron chi connectivity index (χ3n) is 4.84. The molecule has 0 atom stereocenters. The maximum absolute atomic E-state index is 12.9. The Bertz CT molecular complexity index is 996. The largest absolute Gasteiger partial charge is 0.593 e. The van der Waals surface area contributed by atoms with Crippen LogP contribution in [0.4, 0.5) is 18.9 Å². The number of hydrogen-bond donors (Lipinski definition) is 2. The van der Waals surface area contributed by atoms with Crippen LogP contribution in [0.1, 0.15) is 41.3 Å². The summed E-state index contributed by atoms with van der Waals surface area (Å²) in [5.41, 5.74) is -0.642. The molecule has 32 heavy (non-hydrogen) atoms. The number of nitrogens with zero attached hydrogens (tertiary/aromatic N) is 1. The molecule has 0 spiro atoms. The third-order valence-corrected chi connectivity index (χ3v) is 5.50. The minimum absolute atomic E-state index is 0.169. The summed E-state index contributed by atoms with van der Waals surface area (Å²) in [6.07, 6.45) is -3.23. The number of alkyl halides is 3. The summed E-state index contributed by atoms with van der Waals surface area (Å²) in [4.78, 5) is 13.0. The SMILES string of the molecule is CCCc1c(OCCCN(C)c2ccc(C(=O)O)c(Br)c2)ccc(C(=N)C(F)(F)F)c1[OH2+]. The molecule has 0 aromatic heterocycles. The molecular weight excluding hydrogens is 493 g/mol. The van der Waals surface area contributed by atoms with Crippen molar-refractivity contribution < 1.29 is 32.9 Å². The molecule has 0 unspecified atom stereocenters. The molecule has 0 aliphatic rings. The van der Waals surface area contributed by atoms with Crippen LogP contribution in [-0.4, -0.2) is 48.3 Å². The van der Waals surface area contributed by atoms with Crippen molar-refractivity contribution in [1.29, 1.82) is 5.41 Å². The van der Waals surface area contributed by atoms with Crippen LogP contribution >= 0.6 is 15.9 Å². The van der Waals surface area contributed by atoms with Gasteiger partial charge in [-0.05, 0) is 59.1 Å². The smallest absolute Gasteiger partial charge is 0.433 e. The lowest BCUT2D eigenvalue weighted by molar-refractivity contribution is -0.0588. The number of carbonyl (C=O) groups is 1. The molecule has 10 heteroatoms. The number of ether oxygens (including phenoxy) is 1. The van der Waals surface area contributed by atoms with E-state index in [2.05, 4.69) is 15.9 Å². The van der Waals surface area contributed by atoms with E-state index in [-0.39, 0.29) is 17.9 Å². The van der Waals surface area contributed by atoms with Crippen molar-refractivity contribution in [3.05, 3.63) is 51.5 Å². The summed E-state index contributed by atoms with van der Waals surface area (Å²) in [6.45, 7) is 2.73. The summed E-state index contributed by atoms with van der Waals surface area (Å²) in [7, 11) is 1.85. The first kappa shape index (κ1) is 25.5. The maximum Gasteiger partial charge on any atom is 0.433 e. The van der Waals surface area contributed by atoms with Gasteiger partial charge in [-0.25, -0.2) is 4.79 Å². The number of carboxylic acids is 1. The quantitative estimate of drug-likeness (QED) is 0.251. The molecule has 0 saturated carbocycles. The fourth-order valence-electron chi connectivity index (χ4n) is 3.15. The Morgan fingerprint density at radius 3 is 2.47 bits per heavy atom. The van der Waals surface area contributed by atoms with Gasteiger partial charge in [0.05, 0.1) is 17.7 Å². The Balaban J connectivity index is 2.04. The number of anilines is 1. The molecule has 2 aromatic carbocycles. The number of nitrogens with one attached hydrogen (secondary N) is 1. The molecule has 0 bridgehead atoms. The second kappa shape index (κ2) is 10.7. The van der Waals surface area contributed by atoms with Gasteiger partial charge in [-0.1, -0.05) is 13.3 Å². The van der Waals surface area contributed by atoms with Crippen LogP contribution in [0.5, 0.6) is 11.5 Å². The Kier molecular flexibility index (Phi) is 8.54. The summed E-state index contributed by atoms with van der Waals surface area (Å²) >= 11 is 3.25. The fourth-order valence-corrected chi connectivity index (χ4v) is 3.69. The number of carboxylic acid groups (broad SMARTS) is 1. The van der Waals surface area contributed by atoms with Gasteiger partial charge in [0.15, 0.2) is 5.71 Å². The van der Waals surface area contributed by atoms with Crippen LogP contribution < -0.4 is 9.64 Å². The summed E-state index contributed by atoms with van der Waals surface area (Å²) in [5.74, 6) is -0.994. The predicted molar refractivity (Wildman–Crippen MR) is 121 cm³/mol. The molecule has 0 amide bonds. The van der Waals surface area contributed by atoms with E-state index in [0.717, 1.165) is 11.8 Å². The van der Waals surface area contributed by atoms with Crippen LogP contribution in [0, 0.1) is 5.41 Å². The van der Waals surface area contributed by atoms with E-state index in [4.69, 9.17) is 20.4 Å². The third kappa shape index (κ3) is 6.15. The monoisotopic (exact) mass is 517 g/mol. The average molecular weight is 518 g/mol. The van der Waals surface area contributed by atoms with E-state index in [1.807, 2.05) is 18.9 Å². The van der Waals surface area contributed by atoms with Crippen molar-refractivity contribution in [1.82, 2.24) is 0 Å². The van der Waals surface area contributed by atoms with Gasteiger partial charge < -0.3 is 19.8 Å². The lowest BCUT2D eigenvalue weighted by Gasteiger charge is -2.20. The molecule has 4 N–H and O–H groups in total. The van der Waals surface area contributed by atoms with Crippen molar-refractivity contribution in [2.24, 2.45) is 0 Å². The maximum atomic E-state index is 12.9. The topological polar surface area (TPSA) is 96.5 Å². The van der Waals surface area contributed by atoms with Gasteiger partial charge in [0.2, 0.25) is 0 Å². The molecule has 0 radical (unpaired) electrons. The summed E-state index contributed by atoms with van der Waals surface area (Å²) in [5, 5.41) is 24.6. The van der Waals surface area contributed by atoms with Gasteiger partial charge in [0.1, 0.15) is 11.3 Å². The first-order valence-electron chi connectivity index (χ1n) is 9.87. The number of hydrogen-bond acceptors (Lipinski definition) is 4. The summed E-state index contributed by atoms with van der Waals surface area (Å²) < 4.78 is 45.0. The van der Waals surface area contributed by atoms with Gasteiger partial charge in [-0.15, -0.1) is 0 Å². The van der Waals surface area contributed by atoms with Crippen molar-refractivity contribution in [2.75, 3.05) is 25.1 Å². The van der Waals surface area contributed by atoms with Crippen LogP contribution in [0.15, 0.2) is 34.8 Å².